The molecule has 2 heterocycles. The fourth-order valence-corrected chi connectivity index (χ4v) is 4.65. The van der Waals surface area contributed by atoms with Crippen molar-refractivity contribution in [2.75, 3.05) is 5.32 Å². The molecule has 2 aromatic rings. The molecule has 3 rings (SSSR count). The van der Waals surface area contributed by atoms with Crippen molar-refractivity contribution in [3.05, 3.63) is 39.7 Å². The third-order valence-corrected chi connectivity index (χ3v) is 5.85. The lowest BCUT2D eigenvalue weighted by Crippen LogP contribution is -2.19. The van der Waals surface area contributed by atoms with Crippen LogP contribution in [0.5, 0.6) is 0 Å². The van der Waals surface area contributed by atoms with E-state index in [4.69, 9.17) is 9.15 Å². The van der Waals surface area contributed by atoms with Gasteiger partial charge in [-0.3, -0.25) is 4.79 Å². The summed E-state index contributed by atoms with van der Waals surface area (Å²) in [5.41, 5.74) is 1.56. The van der Waals surface area contributed by atoms with E-state index in [0.717, 1.165) is 31.2 Å². The van der Waals surface area contributed by atoms with E-state index >= 15 is 0 Å². The van der Waals surface area contributed by atoms with E-state index in [9.17, 15) is 9.59 Å². The molecule has 0 radical (unpaired) electrons. The van der Waals surface area contributed by atoms with Crippen LogP contribution in [0.15, 0.2) is 16.5 Å². The van der Waals surface area contributed by atoms with E-state index in [0.29, 0.717) is 22.2 Å². The summed E-state index contributed by atoms with van der Waals surface area (Å²) in [6.45, 7) is 7.64. The van der Waals surface area contributed by atoms with Gasteiger partial charge in [-0.2, -0.15) is 0 Å². The van der Waals surface area contributed by atoms with E-state index in [1.54, 1.807) is 19.1 Å². The van der Waals surface area contributed by atoms with Crippen LogP contribution in [-0.4, -0.2) is 18.0 Å². The highest BCUT2D eigenvalue weighted by Gasteiger charge is 2.30. The highest BCUT2D eigenvalue weighted by molar-refractivity contribution is 7.17. The van der Waals surface area contributed by atoms with Crippen molar-refractivity contribution in [3.63, 3.8) is 0 Å². The minimum absolute atomic E-state index is 0.207. The summed E-state index contributed by atoms with van der Waals surface area (Å²) < 4.78 is 10.8. The molecule has 140 valence electrons. The van der Waals surface area contributed by atoms with Gasteiger partial charge in [0.2, 0.25) is 0 Å². The SMILES string of the molecule is CC[C@H]1CCc2c(sc(NC(=O)c3ccc(C)o3)c2C(=O)OC(C)C)C1. The van der Waals surface area contributed by atoms with Gasteiger partial charge in [0.05, 0.1) is 11.7 Å². The van der Waals surface area contributed by atoms with Crippen LogP contribution >= 0.6 is 11.3 Å². The molecule has 0 bridgehead atoms. The molecule has 2 aromatic heterocycles. The molecule has 0 unspecified atom stereocenters. The lowest BCUT2D eigenvalue weighted by Gasteiger charge is -2.21. The van der Waals surface area contributed by atoms with E-state index in [1.807, 2.05) is 13.8 Å². The van der Waals surface area contributed by atoms with Gasteiger partial charge in [-0.25, -0.2) is 4.79 Å². The summed E-state index contributed by atoms with van der Waals surface area (Å²) >= 11 is 1.49. The average molecular weight is 375 g/mol. The number of esters is 1. The first-order chi connectivity index (χ1) is 12.4. The summed E-state index contributed by atoms with van der Waals surface area (Å²) in [5.74, 6) is 0.835. The number of furan rings is 1. The molecule has 1 atom stereocenters. The van der Waals surface area contributed by atoms with Crippen molar-refractivity contribution in [1.29, 1.82) is 0 Å². The van der Waals surface area contributed by atoms with Gasteiger partial charge < -0.3 is 14.5 Å². The van der Waals surface area contributed by atoms with Gasteiger partial charge in [0.25, 0.3) is 5.91 Å². The minimum Gasteiger partial charge on any atom is -0.459 e. The highest BCUT2D eigenvalue weighted by Crippen LogP contribution is 2.41. The standard InChI is InChI=1S/C20H25NO4S/c1-5-13-7-8-14-16(10-13)26-19(17(14)20(23)24-11(2)3)21-18(22)15-9-6-12(4)25-15/h6,9,11,13H,5,7-8,10H2,1-4H3,(H,21,22)/t13-/m0/s1. The molecule has 0 fully saturated rings. The largest absolute Gasteiger partial charge is 0.459 e. The first-order valence-corrected chi connectivity index (χ1v) is 9.94. The van der Waals surface area contributed by atoms with Crippen LogP contribution in [0.2, 0.25) is 0 Å². The van der Waals surface area contributed by atoms with Crippen LogP contribution in [-0.2, 0) is 17.6 Å². The first kappa shape index (κ1) is 18.7. The van der Waals surface area contributed by atoms with E-state index < -0.39 is 0 Å². The molecule has 0 saturated heterocycles. The molecule has 0 spiro atoms. The minimum atomic E-state index is -0.363. The Morgan fingerprint density at radius 3 is 2.77 bits per heavy atom. The Morgan fingerprint density at radius 2 is 2.15 bits per heavy atom. The second kappa shape index (κ2) is 7.66. The maximum Gasteiger partial charge on any atom is 0.341 e. The maximum atomic E-state index is 12.7. The van der Waals surface area contributed by atoms with Gasteiger partial charge >= 0.3 is 5.97 Å². The fourth-order valence-electron chi connectivity index (χ4n) is 3.30. The number of carbonyl (C=O) groups is 2. The maximum absolute atomic E-state index is 12.7. The van der Waals surface area contributed by atoms with Crippen LogP contribution in [0, 0.1) is 12.8 Å². The summed E-state index contributed by atoms with van der Waals surface area (Å²) in [6, 6.07) is 3.38. The number of thiophene rings is 1. The van der Waals surface area contributed by atoms with Crippen molar-refractivity contribution in [1.82, 2.24) is 0 Å². The third-order valence-electron chi connectivity index (χ3n) is 4.68. The molecular formula is C20H25NO4S. The number of carbonyl (C=O) groups excluding carboxylic acids is 2. The van der Waals surface area contributed by atoms with Crippen LogP contribution in [0.25, 0.3) is 0 Å². The molecule has 1 aliphatic carbocycles. The number of hydrogen-bond acceptors (Lipinski definition) is 5. The van der Waals surface area contributed by atoms with Crippen LogP contribution in [0.4, 0.5) is 5.00 Å². The van der Waals surface area contributed by atoms with Gasteiger partial charge in [-0.15, -0.1) is 11.3 Å². The predicted molar refractivity (Wildman–Crippen MR) is 102 cm³/mol. The number of rotatable bonds is 5. The number of fused-ring (bicyclic) bond motifs is 1. The molecule has 0 aromatic carbocycles. The fraction of sp³-hybridized carbons (Fsp3) is 0.500. The Labute approximate surface area is 157 Å². The van der Waals surface area contributed by atoms with E-state index in [2.05, 4.69) is 12.2 Å². The molecule has 0 saturated carbocycles. The smallest absolute Gasteiger partial charge is 0.341 e. The van der Waals surface area contributed by atoms with E-state index in [-0.39, 0.29) is 23.7 Å². The first-order valence-electron chi connectivity index (χ1n) is 9.12. The molecule has 6 heteroatoms. The molecule has 0 aliphatic heterocycles. The van der Waals surface area contributed by atoms with Gasteiger partial charge in [0.1, 0.15) is 10.8 Å². The normalized spacial score (nSPS) is 16.4. The summed E-state index contributed by atoms with van der Waals surface area (Å²) in [4.78, 5) is 26.4. The zero-order chi connectivity index (χ0) is 18.8. The summed E-state index contributed by atoms with van der Waals surface area (Å²) in [5, 5.41) is 3.44. The Morgan fingerprint density at radius 1 is 1.38 bits per heavy atom. The number of ether oxygens (including phenoxy) is 1. The Bertz CT molecular complexity index is 818. The van der Waals surface area contributed by atoms with Crippen molar-refractivity contribution in [2.24, 2.45) is 5.92 Å². The van der Waals surface area contributed by atoms with Crippen molar-refractivity contribution < 1.29 is 18.7 Å². The zero-order valence-corrected chi connectivity index (χ0v) is 16.5. The molecular weight excluding hydrogens is 350 g/mol. The highest BCUT2D eigenvalue weighted by atomic mass is 32.1. The van der Waals surface area contributed by atoms with Crippen LogP contribution in [0.1, 0.15) is 70.7 Å². The van der Waals surface area contributed by atoms with Gasteiger partial charge in [0.15, 0.2) is 5.76 Å². The lowest BCUT2D eigenvalue weighted by molar-refractivity contribution is 0.0378. The number of amides is 1. The lowest BCUT2D eigenvalue weighted by atomic mass is 9.85. The number of anilines is 1. The number of nitrogens with one attached hydrogen (secondary N) is 1. The summed E-state index contributed by atoms with van der Waals surface area (Å²) in [6.07, 6.45) is 3.78. The van der Waals surface area contributed by atoms with Crippen molar-refractivity contribution in [2.45, 2.75) is 59.5 Å². The van der Waals surface area contributed by atoms with Gasteiger partial charge in [-0.1, -0.05) is 13.3 Å². The molecule has 1 aliphatic rings. The molecule has 26 heavy (non-hydrogen) atoms. The number of aryl methyl sites for hydroxylation is 1. The quantitative estimate of drug-likeness (QED) is 0.748. The average Bonchev–Trinajstić information content (AvgIpc) is 3.16. The van der Waals surface area contributed by atoms with Crippen molar-refractivity contribution >= 4 is 28.2 Å². The van der Waals surface area contributed by atoms with Crippen LogP contribution in [0.3, 0.4) is 0 Å². The Kier molecular flexibility index (Phi) is 5.51. The second-order valence-electron chi connectivity index (χ2n) is 7.04. The summed E-state index contributed by atoms with van der Waals surface area (Å²) in [7, 11) is 0. The van der Waals surface area contributed by atoms with Crippen molar-refractivity contribution in [3.8, 4) is 0 Å². The Hall–Kier alpha value is -2.08. The molecule has 1 N–H and O–H groups in total. The predicted octanol–water partition coefficient (Wildman–Crippen LogP) is 4.98. The Balaban J connectivity index is 1.93. The van der Waals surface area contributed by atoms with E-state index in [1.165, 1.54) is 16.2 Å². The van der Waals surface area contributed by atoms with Gasteiger partial charge in [0, 0.05) is 4.88 Å². The second-order valence-corrected chi connectivity index (χ2v) is 8.15. The third kappa shape index (κ3) is 3.85. The molecule has 1 amide bonds. The zero-order valence-electron chi connectivity index (χ0n) is 15.7. The monoisotopic (exact) mass is 375 g/mol. The van der Waals surface area contributed by atoms with Crippen LogP contribution < -0.4 is 5.32 Å². The topological polar surface area (TPSA) is 68.5 Å². The van der Waals surface area contributed by atoms with Gasteiger partial charge in [-0.05, 0) is 63.6 Å². The molecule has 5 nitrogen and oxygen atoms in total. The number of hydrogen-bond donors (Lipinski definition) is 1.